The maximum Gasteiger partial charge on any atom is 0.433 e. The van der Waals surface area contributed by atoms with Crippen molar-refractivity contribution in [2.24, 2.45) is 5.92 Å². The van der Waals surface area contributed by atoms with E-state index in [1.54, 1.807) is 19.1 Å². The first-order chi connectivity index (χ1) is 10.2. The molecule has 1 aromatic rings. The van der Waals surface area contributed by atoms with Crippen LogP contribution in [0, 0.1) is 24.7 Å². The fourth-order valence-corrected chi connectivity index (χ4v) is 2.48. The predicted octanol–water partition coefficient (Wildman–Crippen LogP) is 2.91. The van der Waals surface area contributed by atoms with E-state index in [0.717, 1.165) is 12.8 Å². The van der Waals surface area contributed by atoms with E-state index < -0.39 is 18.2 Å². The molecule has 118 valence electrons. The van der Waals surface area contributed by atoms with Crippen molar-refractivity contribution in [3.05, 3.63) is 29.3 Å². The molecule has 3 nitrogen and oxygen atoms in total. The standard InChI is InChI=1S/C16H16F3NO2/c1-10-3-6-13-12(9-10)15(16(17,18)19,8-7-11-4-5-11)22-14(21)20(13)2/h3,6,9,11,14,21H,4-5H2,1-2H3/t14?,15-/m0/s1. The van der Waals surface area contributed by atoms with E-state index in [4.69, 9.17) is 4.74 Å². The summed E-state index contributed by atoms with van der Waals surface area (Å²) in [6.07, 6.45) is -4.83. The van der Waals surface area contributed by atoms with E-state index in [9.17, 15) is 18.3 Å². The van der Waals surface area contributed by atoms with Crippen LogP contribution in [-0.2, 0) is 10.3 Å². The molecular weight excluding hydrogens is 295 g/mol. The quantitative estimate of drug-likeness (QED) is 0.748. The summed E-state index contributed by atoms with van der Waals surface area (Å²) in [5.41, 5.74) is -1.91. The van der Waals surface area contributed by atoms with Crippen LogP contribution in [0.5, 0.6) is 0 Å². The monoisotopic (exact) mass is 311 g/mol. The number of nitrogens with zero attached hydrogens (tertiary/aromatic N) is 1. The summed E-state index contributed by atoms with van der Waals surface area (Å²) in [5, 5.41) is 9.91. The van der Waals surface area contributed by atoms with Crippen molar-refractivity contribution in [1.82, 2.24) is 0 Å². The molecule has 2 atom stereocenters. The highest BCUT2D eigenvalue weighted by atomic mass is 19.4. The van der Waals surface area contributed by atoms with E-state index in [2.05, 4.69) is 11.8 Å². The van der Waals surface area contributed by atoms with E-state index >= 15 is 0 Å². The maximum absolute atomic E-state index is 13.8. The number of aliphatic hydroxyl groups excluding tert-OH is 1. The largest absolute Gasteiger partial charge is 0.433 e. The van der Waals surface area contributed by atoms with Gasteiger partial charge in [0.05, 0.1) is 0 Å². The lowest BCUT2D eigenvalue weighted by Crippen LogP contribution is -2.54. The molecule has 3 rings (SSSR count). The van der Waals surface area contributed by atoms with Crippen LogP contribution in [0.4, 0.5) is 18.9 Å². The van der Waals surface area contributed by atoms with Gasteiger partial charge in [0, 0.05) is 24.2 Å². The average Bonchev–Trinajstić information content (AvgIpc) is 3.24. The molecule has 0 radical (unpaired) electrons. The Labute approximate surface area is 126 Å². The molecule has 1 aromatic carbocycles. The molecule has 22 heavy (non-hydrogen) atoms. The van der Waals surface area contributed by atoms with Crippen LogP contribution in [0.2, 0.25) is 0 Å². The number of rotatable bonds is 0. The van der Waals surface area contributed by atoms with Crippen LogP contribution >= 0.6 is 0 Å². The first kappa shape index (κ1) is 15.2. The fourth-order valence-electron chi connectivity index (χ4n) is 2.48. The van der Waals surface area contributed by atoms with Gasteiger partial charge >= 0.3 is 6.18 Å². The topological polar surface area (TPSA) is 32.7 Å². The highest BCUT2D eigenvalue weighted by Crippen LogP contribution is 2.49. The molecule has 2 aliphatic rings. The Morgan fingerprint density at radius 3 is 2.64 bits per heavy atom. The number of alkyl halides is 3. The predicted molar refractivity (Wildman–Crippen MR) is 74.9 cm³/mol. The molecule has 1 heterocycles. The summed E-state index contributed by atoms with van der Waals surface area (Å²) in [6.45, 7) is 1.71. The van der Waals surface area contributed by atoms with Gasteiger partial charge in [-0.3, -0.25) is 0 Å². The summed E-state index contributed by atoms with van der Waals surface area (Å²) in [6, 6.07) is 4.67. The molecule has 6 heteroatoms. The van der Waals surface area contributed by atoms with Crippen LogP contribution in [0.15, 0.2) is 18.2 Å². The molecular formula is C16H16F3NO2. The Bertz CT molecular complexity index is 658. The number of anilines is 1. The zero-order chi connectivity index (χ0) is 16.1. The lowest BCUT2D eigenvalue weighted by molar-refractivity contribution is -0.304. The maximum atomic E-state index is 13.8. The van der Waals surface area contributed by atoms with Crippen molar-refractivity contribution in [3.63, 3.8) is 0 Å². The number of halogens is 3. The Hall–Kier alpha value is -1.71. The molecule has 1 saturated carbocycles. The SMILES string of the molecule is Cc1ccc2c(c1)[C@@](C#CC1CC1)(C(F)(F)F)OC(O)N2C. The number of aliphatic hydroxyl groups is 1. The Morgan fingerprint density at radius 1 is 1.36 bits per heavy atom. The zero-order valence-electron chi connectivity index (χ0n) is 12.2. The van der Waals surface area contributed by atoms with Crippen LogP contribution < -0.4 is 4.90 Å². The molecule has 1 fully saturated rings. The van der Waals surface area contributed by atoms with Crippen LogP contribution in [-0.4, -0.2) is 24.7 Å². The van der Waals surface area contributed by atoms with Crippen molar-refractivity contribution in [2.45, 2.75) is 38.0 Å². The summed E-state index contributed by atoms with van der Waals surface area (Å²) < 4.78 is 46.5. The normalized spacial score (nSPS) is 27.9. The summed E-state index contributed by atoms with van der Waals surface area (Å²) in [5.74, 6) is 4.93. The zero-order valence-corrected chi connectivity index (χ0v) is 12.2. The van der Waals surface area contributed by atoms with Crippen LogP contribution in [0.25, 0.3) is 0 Å². The Kier molecular flexibility index (Phi) is 3.38. The van der Waals surface area contributed by atoms with Gasteiger partial charge in [0.15, 0.2) is 0 Å². The first-order valence-electron chi connectivity index (χ1n) is 7.04. The molecule has 0 saturated heterocycles. The minimum atomic E-state index is -4.75. The molecule has 0 spiro atoms. The smallest absolute Gasteiger partial charge is 0.351 e. The highest BCUT2D eigenvalue weighted by Gasteiger charge is 2.61. The van der Waals surface area contributed by atoms with Gasteiger partial charge in [0.1, 0.15) is 0 Å². The van der Waals surface area contributed by atoms with Crippen LogP contribution in [0.3, 0.4) is 0 Å². The van der Waals surface area contributed by atoms with Crippen molar-refractivity contribution in [3.8, 4) is 11.8 Å². The summed E-state index contributed by atoms with van der Waals surface area (Å²) in [7, 11) is 1.48. The van der Waals surface area contributed by atoms with Gasteiger partial charge in [0.25, 0.3) is 5.60 Å². The van der Waals surface area contributed by atoms with Gasteiger partial charge in [-0.2, -0.15) is 13.2 Å². The number of hydrogen-bond acceptors (Lipinski definition) is 3. The second-order valence-electron chi connectivity index (χ2n) is 5.80. The third-order valence-corrected chi connectivity index (χ3v) is 3.95. The average molecular weight is 311 g/mol. The van der Waals surface area contributed by atoms with Gasteiger partial charge in [-0.25, -0.2) is 0 Å². The molecule has 1 aliphatic heterocycles. The Morgan fingerprint density at radius 2 is 2.05 bits per heavy atom. The number of ether oxygens (including phenoxy) is 1. The van der Waals surface area contributed by atoms with Gasteiger partial charge in [0.2, 0.25) is 6.41 Å². The van der Waals surface area contributed by atoms with Gasteiger partial charge < -0.3 is 14.7 Å². The van der Waals surface area contributed by atoms with Crippen molar-refractivity contribution < 1.29 is 23.0 Å². The molecule has 0 aromatic heterocycles. The summed E-state index contributed by atoms with van der Waals surface area (Å²) in [4.78, 5) is 1.26. The minimum absolute atomic E-state index is 0.00659. The van der Waals surface area contributed by atoms with Crippen molar-refractivity contribution >= 4 is 5.69 Å². The van der Waals surface area contributed by atoms with Gasteiger partial charge in [-0.15, -0.1) is 0 Å². The van der Waals surface area contributed by atoms with Crippen molar-refractivity contribution in [2.75, 3.05) is 11.9 Å². The van der Waals surface area contributed by atoms with E-state index in [1.807, 2.05) is 0 Å². The van der Waals surface area contributed by atoms with Crippen molar-refractivity contribution in [1.29, 1.82) is 0 Å². The number of hydrogen-bond donors (Lipinski definition) is 1. The highest BCUT2D eigenvalue weighted by molar-refractivity contribution is 5.61. The van der Waals surface area contributed by atoms with E-state index in [1.165, 1.54) is 18.0 Å². The number of benzene rings is 1. The van der Waals surface area contributed by atoms with Gasteiger partial charge in [-0.05, 0) is 31.9 Å². The molecule has 1 N–H and O–H groups in total. The molecule has 0 amide bonds. The third kappa shape index (κ3) is 2.34. The van der Waals surface area contributed by atoms with Gasteiger partial charge in [-0.1, -0.05) is 23.5 Å². The molecule has 1 unspecified atom stereocenters. The fraction of sp³-hybridized carbons (Fsp3) is 0.500. The third-order valence-electron chi connectivity index (χ3n) is 3.95. The lowest BCUT2D eigenvalue weighted by atomic mass is 9.88. The molecule has 1 aliphatic carbocycles. The minimum Gasteiger partial charge on any atom is -0.351 e. The lowest BCUT2D eigenvalue weighted by Gasteiger charge is -2.43. The molecule has 0 bridgehead atoms. The summed E-state index contributed by atoms with van der Waals surface area (Å²) >= 11 is 0. The second-order valence-corrected chi connectivity index (χ2v) is 5.80. The second kappa shape index (κ2) is 4.90. The first-order valence-corrected chi connectivity index (χ1v) is 7.04. The van der Waals surface area contributed by atoms with E-state index in [-0.39, 0.29) is 17.2 Å². The Balaban J connectivity index is 2.23. The number of aryl methyl sites for hydroxylation is 1. The van der Waals surface area contributed by atoms with Crippen LogP contribution in [0.1, 0.15) is 24.0 Å². The number of fused-ring (bicyclic) bond motifs is 1. The van der Waals surface area contributed by atoms with E-state index in [0.29, 0.717) is 5.56 Å².